The quantitative estimate of drug-likeness (QED) is 0.830. The maximum atomic E-state index is 10.4. The first-order valence-corrected chi connectivity index (χ1v) is 6.70. The number of hydrogen-bond acceptors (Lipinski definition) is 3. The van der Waals surface area contributed by atoms with E-state index in [0.717, 1.165) is 37.2 Å². The zero-order chi connectivity index (χ0) is 11.3. The minimum Gasteiger partial charge on any atom is -0.481 e. The molecule has 0 amide bonds. The molecule has 0 bridgehead atoms. The average Bonchev–Trinajstić information content (AvgIpc) is 2.17. The van der Waals surface area contributed by atoms with E-state index in [-0.39, 0.29) is 12.4 Å². The number of aliphatic carboxylic acids is 1. The molecule has 1 unspecified atom stereocenters. The highest BCUT2D eigenvalue weighted by atomic mass is 35.5. The molecule has 1 atom stereocenters. The molecule has 3 nitrogen and oxygen atoms in total. The van der Waals surface area contributed by atoms with E-state index in [2.05, 4.69) is 30.5 Å². The molecular formula is C11H22ClNO2S. The van der Waals surface area contributed by atoms with Crippen molar-refractivity contribution in [2.24, 2.45) is 5.92 Å². The van der Waals surface area contributed by atoms with Crippen molar-refractivity contribution in [3.63, 3.8) is 0 Å². The maximum absolute atomic E-state index is 10.4. The van der Waals surface area contributed by atoms with Crippen molar-refractivity contribution in [3.05, 3.63) is 0 Å². The van der Waals surface area contributed by atoms with Gasteiger partial charge in [-0.2, -0.15) is 11.8 Å². The van der Waals surface area contributed by atoms with Gasteiger partial charge in [0.2, 0.25) is 0 Å². The molecule has 5 heteroatoms. The highest BCUT2D eigenvalue weighted by Gasteiger charge is 2.22. The summed E-state index contributed by atoms with van der Waals surface area (Å²) >= 11 is 2.06. The SMILES string of the molecule is CC(C)C1CN(CCCC(=O)O)CCS1.Cl. The lowest BCUT2D eigenvalue weighted by Gasteiger charge is -2.34. The second kappa shape index (κ2) is 8.20. The Morgan fingerprint density at radius 1 is 1.56 bits per heavy atom. The Labute approximate surface area is 108 Å². The summed E-state index contributed by atoms with van der Waals surface area (Å²) in [5, 5.41) is 9.29. The average molecular weight is 268 g/mol. The van der Waals surface area contributed by atoms with Gasteiger partial charge in [-0.05, 0) is 18.9 Å². The predicted molar refractivity (Wildman–Crippen MR) is 71.6 cm³/mol. The van der Waals surface area contributed by atoms with Crippen molar-refractivity contribution in [2.45, 2.75) is 31.9 Å². The van der Waals surface area contributed by atoms with Crippen LogP contribution in [0.1, 0.15) is 26.7 Å². The van der Waals surface area contributed by atoms with Gasteiger partial charge in [0.25, 0.3) is 0 Å². The molecule has 0 aromatic rings. The van der Waals surface area contributed by atoms with Crippen molar-refractivity contribution in [3.8, 4) is 0 Å². The molecule has 0 spiro atoms. The van der Waals surface area contributed by atoms with E-state index in [0.29, 0.717) is 6.42 Å². The molecule has 1 fully saturated rings. The summed E-state index contributed by atoms with van der Waals surface area (Å²) in [5.41, 5.74) is 0. The summed E-state index contributed by atoms with van der Waals surface area (Å²) in [4.78, 5) is 12.8. The molecule has 1 aliphatic rings. The Hall–Kier alpha value is 0.0700. The maximum Gasteiger partial charge on any atom is 0.303 e. The third kappa shape index (κ3) is 5.97. The van der Waals surface area contributed by atoms with Gasteiger partial charge in [0.15, 0.2) is 0 Å². The number of hydrogen-bond donors (Lipinski definition) is 1. The van der Waals surface area contributed by atoms with Crippen LogP contribution in [0.2, 0.25) is 0 Å². The lowest BCUT2D eigenvalue weighted by Crippen LogP contribution is -2.40. The van der Waals surface area contributed by atoms with Crippen LogP contribution in [-0.2, 0) is 4.79 Å². The fourth-order valence-corrected chi connectivity index (χ4v) is 3.16. The summed E-state index contributed by atoms with van der Waals surface area (Å²) in [6.45, 7) is 7.71. The van der Waals surface area contributed by atoms with E-state index in [1.165, 1.54) is 5.75 Å². The highest BCUT2D eigenvalue weighted by molar-refractivity contribution is 8.00. The third-order valence-electron chi connectivity index (χ3n) is 2.79. The van der Waals surface area contributed by atoms with Crippen LogP contribution >= 0.6 is 24.2 Å². The normalized spacial score (nSPS) is 21.8. The first-order chi connectivity index (χ1) is 7.09. The highest BCUT2D eigenvalue weighted by Crippen LogP contribution is 2.24. The summed E-state index contributed by atoms with van der Waals surface area (Å²) < 4.78 is 0. The molecule has 1 aliphatic heterocycles. The van der Waals surface area contributed by atoms with Gasteiger partial charge in [0.05, 0.1) is 0 Å². The Morgan fingerprint density at radius 3 is 2.81 bits per heavy atom. The first kappa shape index (κ1) is 16.1. The fraction of sp³-hybridized carbons (Fsp3) is 0.909. The molecule has 96 valence electrons. The van der Waals surface area contributed by atoms with Gasteiger partial charge in [-0.1, -0.05) is 13.8 Å². The molecule has 1 heterocycles. The van der Waals surface area contributed by atoms with Gasteiger partial charge in [0, 0.05) is 30.5 Å². The molecular weight excluding hydrogens is 246 g/mol. The number of carboxylic acids is 1. The van der Waals surface area contributed by atoms with Crippen LogP contribution in [0.25, 0.3) is 0 Å². The molecule has 0 aliphatic carbocycles. The van der Waals surface area contributed by atoms with E-state index < -0.39 is 5.97 Å². The number of carbonyl (C=O) groups is 1. The molecule has 1 N–H and O–H groups in total. The molecule has 1 rings (SSSR count). The number of thioether (sulfide) groups is 1. The standard InChI is InChI=1S/C11H21NO2S.ClH/c1-9(2)10-8-12(6-7-15-10)5-3-4-11(13)14;/h9-10H,3-8H2,1-2H3,(H,13,14);1H. The van der Waals surface area contributed by atoms with Crippen LogP contribution in [-0.4, -0.2) is 46.6 Å². The summed E-state index contributed by atoms with van der Waals surface area (Å²) in [7, 11) is 0. The van der Waals surface area contributed by atoms with Gasteiger partial charge in [-0.25, -0.2) is 0 Å². The van der Waals surface area contributed by atoms with Crippen LogP contribution in [0.5, 0.6) is 0 Å². The van der Waals surface area contributed by atoms with Crippen molar-refractivity contribution in [1.82, 2.24) is 4.90 Å². The van der Waals surface area contributed by atoms with Crippen molar-refractivity contribution >= 4 is 30.1 Å². The van der Waals surface area contributed by atoms with Crippen molar-refractivity contribution < 1.29 is 9.90 Å². The number of rotatable bonds is 5. The van der Waals surface area contributed by atoms with Crippen molar-refractivity contribution in [2.75, 3.05) is 25.4 Å². The second-order valence-corrected chi connectivity index (χ2v) is 5.80. The van der Waals surface area contributed by atoms with E-state index in [1.807, 2.05) is 0 Å². The molecule has 16 heavy (non-hydrogen) atoms. The van der Waals surface area contributed by atoms with E-state index in [1.54, 1.807) is 0 Å². The molecule has 0 radical (unpaired) electrons. The zero-order valence-electron chi connectivity index (χ0n) is 10.0. The smallest absolute Gasteiger partial charge is 0.303 e. The predicted octanol–water partition coefficient (Wildman–Crippen LogP) is 2.35. The molecule has 1 saturated heterocycles. The van der Waals surface area contributed by atoms with Gasteiger partial charge in [0.1, 0.15) is 0 Å². The van der Waals surface area contributed by atoms with Gasteiger partial charge >= 0.3 is 5.97 Å². The molecule has 0 saturated carbocycles. The summed E-state index contributed by atoms with van der Waals surface area (Å²) in [5.74, 6) is 1.23. The largest absolute Gasteiger partial charge is 0.481 e. The lowest BCUT2D eigenvalue weighted by atomic mass is 10.1. The van der Waals surface area contributed by atoms with Crippen molar-refractivity contribution in [1.29, 1.82) is 0 Å². The molecule has 0 aromatic heterocycles. The molecule has 0 aromatic carbocycles. The topological polar surface area (TPSA) is 40.5 Å². The summed E-state index contributed by atoms with van der Waals surface area (Å²) in [6, 6.07) is 0. The van der Waals surface area contributed by atoms with Gasteiger partial charge in [-0.15, -0.1) is 12.4 Å². The number of nitrogens with zero attached hydrogens (tertiary/aromatic N) is 1. The van der Waals surface area contributed by atoms with E-state index in [4.69, 9.17) is 5.11 Å². The zero-order valence-corrected chi connectivity index (χ0v) is 11.6. The van der Waals surface area contributed by atoms with Gasteiger partial charge in [-0.3, -0.25) is 4.79 Å². The fourth-order valence-electron chi connectivity index (χ4n) is 1.79. The number of carboxylic acid groups (broad SMARTS) is 1. The minimum absolute atomic E-state index is 0. The van der Waals surface area contributed by atoms with Crippen LogP contribution in [0.15, 0.2) is 0 Å². The van der Waals surface area contributed by atoms with Crippen LogP contribution in [0, 0.1) is 5.92 Å². The summed E-state index contributed by atoms with van der Waals surface area (Å²) in [6.07, 6.45) is 1.08. The van der Waals surface area contributed by atoms with E-state index in [9.17, 15) is 4.79 Å². The monoisotopic (exact) mass is 267 g/mol. The van der Waals surface area contributed by atoms with Gasteiger partial charge < -0.3 is 10.0 Å². The number of halogens is 1. The van der Waals surface area contributed by atoms with Crippen LogP contribution < -0.4 is 0 Å². The Morgan fingerprint density at radius 2 is 2.25 bits per heavy atom. The van der Waals surface area contributed by atoms with Crippen LogP contribution in [0.3, 0.4) is 0 Å². The van der Waals surface area contributed by atoms with Crippen LogP contribution in [0.4, 0.5) is 0 Å². The van der Waals surface area contributed by atoms with E-state index >= 15 is 0 Å². The third-order valence-corrected chi connectivity index (χ3v) is 4.33. The minimum atomic E-state index is -0.679. The Kier molecular flexibility index (Phi) is 8.24. The Bertz CT molecular complexity index is 214. The second-order valence-electron chi connectivity index (χ2n) is 4.45. The Balaban J connectivity index is 0.00000225. The lowest BCUT2D eigenvalue weighted by molar-refractivity contribution is -0.137. The first-order valence-electron chi connectivity index (χ1n) is 5.65.